The van der Waals surface area contributed by atoms with Crippen molar-refractivity contribution in [2.75, 3.05) is 13.1 Å². The number of amides is 1. The van der Waals surface area contributed by atoms with Gasteiger partial charge < -0.3 is 10.1 Å². The van der Waals surface area contributed by atoms with Crippen molar-refractivity contribution in [3.05, 3.63) is 52.2 Å². The van der Waals surface area contributed by atoms with Crippen molar-refractivity contribution in [2.24, 2.45) is 0 Å². The fraction of sp³-hybridized carbons (Fsp3) is 0.421. The molecule has 1 aliphatic heterocycles. The van der Waals surface area contributed by atoms with Gasteiger partial charge in [-0.3, -0.25) is 4.79 Å². The lowest BCUT2D eigenvalue weighted by Gasteiger charge is -2.34. The molecule has 3 atom stereocenters. The first kappa shape index (κ1) is 20.0. The summed E-state index contributed by atoms with van der Waals surface area (Å²) in [6.07, 6.45) is -0.292. The Morgan fingerprint density at radius 1 is 1.19 bits per heavy atom. The van der Waals surface area contributed by atoms with Gasteiger partial charge in [-0.2, -0.15) is 4.31 Å². The van der Waals surface area contributed by atoms with Crippen molar-refractivity contribution in [3.63, 3.8) is 0 Å². The van der Waals surface area contributed by atoms with Crippen molar-refractivity contribution in [1.29, 1.82) is 0 Å². The third kappa shape index (κ3) is 4.57. The topological polar surface area (TPSA) is 75.7 Å². The van der Waals surface area contributed by atoms with Gasteiger partial charge in [-0.15, -0.1) is 11.3 Å². The van der Waals surface area contributed by atoms with E-state index in [1.54, 1.807) is 23.5 Å². The zero-order valence-corrected chi connectivity index (χ0v) is 17.2. The highest BCUT2D eigenvalue weighted by atomic mass is 32.2. The lowest BCUT2D eigenvalue weighted by atomic mass is 10.2. The minimum absolute atomic E-state index is 0.0998. The van der Waals surface area contributed by atoms with Crippen LogP contribution in [-0.2, 0) is 14.8 Å². The quantitative estimate of drug-likeness (QED) is 0.825. The van der Waals surface area contributed by atoms with Crippen molar-refractivity contribution < 1.29 is 17.9 Å². The molecule has 0 aliphatic carbocycles. The van der Waals surface area contributed by atoms with Crippen molar-refractivity contribution in [2.45, 2.75) is 43.9 Å². The van der Waals surface area contributed by atoms with Crippen LogP contribution in [-0.4, -0.2) is 43.9 Å². The number of nitrogens with zero attached hydrogens (tertiary/aromatic N) is 1. The van der Waals surface area contributed by atoms with Crippen molar-refractivity contribution in [3.8, 4) is 0 Å². The molecule has 2 heterocycles. The third-order valence-corrected chi connectivity index (χ3v) is 7.36. The maximum absolute atomic E-state index is 12.9. The van der Waals surface area contributed by atoms with Gasteiger partial charge in [0.05, 0.1) is 23.1 Å². The number of sulfonamides is 1. The van der Waals surface area contributed by atoms with E-state index in [2.05, 4.69) is 5.32 Å². The molecule has 3 unspecified atom stereocenters. The van der Waals surface area contributed by atoms with Gasteiger partial charge in [0, 0.05) is 23.5 Å². The van der Waals surface area contributed by atoms with E-state index in [0.29, 0.717) is 18.7 Å². The summed E-state index contributed by atoms with van der Waals surface area (Å²) in [6, 6.07) is 9.89. The van der Waals surface area contributed by atoms with Gasteiger partial charge >= 0.3 is 0 Å². The van der Waals surface area contributed by atoms with E-state index in [4.69, 9.17) is 4.74 Å². The predicted octanol–water partition coefficient (Wildman–Crippen LogP) is 3.04. The van der Waals surface area contributed by atoms with Crippen LogP contribution in [0.3, 0.4) is 0 Å². The van der Waals surface area contributed by atoms with Crippen LogP contribution in [0.4, 0.5) is 0 Å². The number of nitrogens with one attached hydrogen (secondary N) is 1. The number of thiophene rings is 1. The molecule has 1 amide bonds. The molecule has 0 saturated carbocycles. The molecule has 1 N–H and O–H groups in total. The fourth-order valence-corrected chi connectivity index (χ4v) is 5.47. The molecule has 3 rings (SSSR count). The summed E-state index contributed by atoms with van der Waals surface area (Å²) in [5.41, 5.74) is 0.432. The van der Waals surface area contributed by atoms with Crippen LogP contribution in [0.15, 0.2) is 46.7 Å². The maximum Gasteiger partial charge on any atom is 0.251 e. The van der Waals surface area contributed by atoms with E-state index >= 15 is 0 Å². The van der Waals surface area contributed by atoms with Gasteiger partial charge in [-0.1, -0.05) is 6.07 Å². The second-order valence-electron chi connectivity index (χ2n) is 6.81. The van der Waals surface area contributed by atoms with Crippen LogP contribution in [0.2, 0.25) is 0 Å². The van der Waals surface area contributed by atoms with Gasteiger partial charge in [0.1, 0.15) is 0 Å². The minimum Gasteiger partial charge on any atom is -0.373 e. The second-order valence-corrected chi connectivity index (χ2v) is 9.73. The molecule has 1 fully saturated rings. The summed E-state index contributed by atoms with van der Waals surface area (Å²) in [4.78, 5) is 13.7. The Morgan fingerprint density at radius 2 is 1.81 bits per heavy atom. The SMILES string of the molecule is CC1CN(S(=O)(=O)c2ccc(C(=O)NC(C)c3cccs3)cc2)CC(C)O1. The lowest BCUT2D eigenvalue weighted by Crippen LogP contribution is -2.48. The second kappa shape index (κ2) is 8.10. The maximum atomic E-state index is 12.9. The van der Waals surface area contributed by atoms with E-state index in [9.17, 15) is 13.2 Å². The Kier molecular flexibility index (Phi) is 6.00. The molecule has 1 aromatic carbocycles. The monoisotopic (exact) mass is 408 g/mol. The molecule has 1 saturated heterocycles. The molecule has 0 bridgehead atoms. The average molecular weight is 409 g/mol. The Bertz CT molecular complexity index is 869. The number of hydrogen-bond acceptors (Lipinski definition) is 5. The number of benzene rings is 1. The molecular formula is C19H24N2O4S2. The standard InChI is InChI=1S/C19H24N2O4S2/c1-13-11-21(12-14(2)25-13)27(23,24)17-8-6-16(7-9-17)19(22)20-15(3)18-5-4-10-26-18/h4-10,13-15H,11-12H2,1-3H3,(H,20,22). The van der Waals surface area contributed by atoms with Crippen LogP contribution in [0.1, 0.15) is 42.0 Å². The molecule has 8 heteroatoms. The number of hydrogen-bond donors (Lipinski definition) is 1. The number of ether oxygens (including phenoxy) is 1. The van der Waals surface area contributed by atoms with Crippen LogP contribution in [0.5, 0.6) is 0 Å². The average Bonchev–Trinajstić information content (AvgIpc) is 3.16. The zero-order valence-electron chi connectivity index (χ0n) is 15.6. The highest BCUT2D eigenvalue weighted by molar-refractivity contribution is 7.89. The smallest absolute Gasteiger partial charge is 0.251 e. The third-order valence-electron chi connectivity index (χ3n) is 4.46. The highest BCUT2D eigenvalue weighted by Crippen LogP contribution is 2.22. The van der Waals surface area contributed by atoms with E-state index < -0.39 is 10.0 Å². The van der Waals surface area contributed by atoms with E-state index in [0.717, 1.165) is 4.88 Å². The summed E-state index contributed by atoms with van der Waals surface area (Å²) in [7, 11) is -3.61. The normalized spacial score (nSPS) is 22.3. The first-order valence-corrected chi connectivity index (χ1v) is 11.2. The highest BCUT2D eigenvalue weighted by Gasteiger charge is 2.32. The predicted molar refractivity (Wildman–Crippen MR) is 105 cm³/mol. The Balaban J connectivity index is 1.71. The first-order chi connectivity index (χ1) is 12.8. The molecule has 2 aromatic rings. The molecule has 0 spiro atoms. The first-order valence-electron chi connectivity index (χ1n) is 8.87. The Hall–Kier alpha value is -1.74. The molecule has 27 heavy (non-hydrogen) atoms. The molecule has 146 valence electrons. The van der Waals surface area contributed by atoms with Crippen LogP contribution in [0.25, 0.3) is 0 Å². The van der Waals surface area contributed by atoms with Crippen LogP contribution < -0.4 is 5.32 Å². The Morgan fingerprint density at radius 3 is 2.37 bits per heavy atom. The summed E-state index contributed by atoms with van der Waals surface area (Å²) in [5.74, 6) is -0.228. The Labute approximate surface area is 164 Å². The molecule has 0 radical (unpaired) electrons. The van der Waals surface area contributed by atoms with Gasteiger partial charge in [0.15, 0.2) is 0 Å². The van der Waals surface area contributed by atoms with Gasteiger partial charge in [0.2, 0.25) is 10.0 Å². The van der Waals surface area contributed by atoms with Crippen molar-refractivity contribution >= 4 is 27.3 Å². The van der Waals surface area contributed by atoms with E-state index in [1.807, 2.05) is 38.3 Å². The summed E-state index contributed by atoms with van der Waals surface area (Å²) in [6.45, 7) is 6.30. The van der Waals surface area contributed by atoms with Crippen LogP contribution in [0, 0.1) is 0 Å². The number of morpholine rings is 1. The van der Waals surface area contributed by atoms with Crippen LogP contribution >= 0.6 is 11.3 Å². The van der Waals surface area contributed by atoms with Gasteiger partial charge in [-0.25, -0.2) is 8.42 Å². The lowest BCUT2D eigenvalue weighted by molar-refractivity contribution is -0.0440. The summed E-state index contributed by atoms with van der Waals surface area (Å²) in [5, 5.41) is 4.89. The molecule has 1 aliphatic rings. The molecular weight excluding hydrogens is 384 g/mol. The zero-order chi connectivity index (χ0) is 19.6. The van der Waals surface area contributed by atoms with E-state index in [1.165, 1.54) is 16.4 Å². The fourth-order valence-electron chi connectivity index (χ4n) is 3.14. The largest absolute Gasteiger partial charge is 0.373 e. The van der Waals surface area contributed by atoms with Gasteiger partial charge in [0.25, 0.3) is 5.91 Å². The molecule has 1 aromatic heterocycles. The minimum atomic E-state index is -3.61. The number of carbonyl (C=O) groups is 1. The summed E-state index contributed by atoms with van der Waals surface area (Å²) >= 11 is 1.58. The van der Waals surface area contributed by atoms with E-state index in [-0.39, 0.29) is 29.1 Å². The van der Waals surface area contributed by atoms with Crippen molar-refractivity contribution in [1.82, 2.24) is 9.62 Å². The number of carbonyl (C=O) groups excluding carboxylic acids is 1. The molecule has 6 nitrogen and oxygen atoms in total. The van der Waals surface area contributed by atoms with Gasteiger partial charge in [-0.05, 0) is 56.5 Å². The number of rotatable bonds is 5. The summed E-state index contributed by atoms with van der Waals surface area (Å²) < 4.78 is 32.8.